The monoisotopic (exact) mass is 396 g/mol. The Morgan fingerprint density at radius 3 is 2.59 bits per heavy atom. The molecule has 3 amide bonds. The van der Waals surface area contributed by atoms with Gasteiger partial charge in [0.25, 0.3) is 5.91 Å². The van der Waals surface area contributed by atoms with Crippen LogP contribution in [-0.2, 0) is 14.4 Å². The summed E-state index contributed by atoms with van der Waals surface area (Å²) in [5, 5.41) is 11.3. The third-order valence-electron chi connectivity index (χ3n) is 4.42. The van der Waals surface area contributed by atoms with Crippen molar-refractivity contribution in [2.45, 2.75) is 12.5 Å². The van der Waals surface area contributed by atoms with Crippen molar-refractivity contribution in [3.05, 3.63) is 61.1 Å². The fourth-order valence-electron chi connectivity index (χ4n) is 2.96. The third kappa shape index (κ3) is 4.34. The Kier molecular flexibility index (Phi) is 5.77. The highest BCUT2D eigenvalue weighted by Crippen LogP contribution is 2.24. The summed E-state index contributed by atoms with van der Waals surface area (Å²) in [6.07, 6.45) is 5.94. The van der Waals surface area contributed by atoms with Crippen LogP contribution in [-0.4, -0.2) is 57.9 Å². The first-order chi connectivity index (χ1) is 13.9. The van der Waals surface area contributed by atoms with Gasteiger partial charge in [-0.3, -0.25) is 19.3 Å². The van der Waals surface area contributed by atoms with Gasteiger partial charge in [0.15, 0.2) is 11.8 Å². The highest BCUT2D eigenvalue weighted by Gasteiger charge is 2.39. The van der Waals surface area contributed by atoms with Crippen molar-refractivity contribution in [2.24, 2.45) is 0 Å². The first kappa shape index (κ1) is 19.9. The predicted molar refractivity (Wildman–Crippen MR) is 105 cm³/mol. The number of benzene rings is 1. The molecule has 2 heterocycles. The molecule has 0 saturated carbocycles. The van der Waals surface area contributed by atoms with E-state index in [-0.39, 0.29) is 13.0 Å². The highest BCUT2D eigenvalue weighted by molar-refractivity contribution is 6.19. The minimum atomic E-state index is -1.38. The predicted octanol–water partition coefficient (Wildman–Crippen LogP) is 1.39. The van der Waals surface area contributed by atoms with Gasteiger partial charge in [-0.1, -0.05) is 6.07 Å². The highest BCUT2D eigenvalue weighted by atomic mass is 16.4. The van der Waals surface area contributed by atoms with Gasteiger partial charge in [0.05, 0.1) is 6.42 Å². The van der Waals surface area contributed by atoms with Crippen LogP contribution in [0.15, 0.2) is 61.1 Å². The quantitative estimate of drug-likeness (QED) is 0.717. The lowest BCUT2D eigenvalue weighted by atomic mass is 10.1. The van der Waals surface area contributed by atoms with Crippen LogP contribution >= 0.6 is 0 Å². The van der Waals surface area contributed by atoms with Crippen LogP contribution in [0.4, 0.5) is 10.5 Å². The molecule has 2 N–H and O–H groups in total. The lowest BCUT2D eigenvalue weighted by molar-refractivity contribution is -0.137. The summed E-state index contributed by atoms with van der Waals surface area (Å²) in [6.45, 7) is -0.136. The van der Waals surface area contributed by atoms with Gasteiger partial charge < -0.3 is 19.9 Å². The van der Waals surface area contributed by atoms with Gasteiger partial charge in [0, 0.05) is 49.6 Å². The zero-order chi connectivity index (χ0) is 21.0. The summed E-state index contributed by atoms with van der Waals surface area (Å²) >= 11 is 0. The van der Waals surface area contributed by atoms with Crippen molar-refractivity contribution >= 4 is 29.4 Å². The second-order valence-corrected chi connectivity index (χ2v) is 6.43. The van der Waals surface area contributed by atoms with Crippen molar-refractivity contribution in [3.63, 3.8) is 0 Å². The molecule has 1 aromatic carbocycles. The molecule has 9 heteroatoms. The van der Waals surface area contributed by atoms with Crippen molar-refractivity contribution in [1.29, 1.82) is 0 Å². The molecule has 1 aromatic heterocycles. The Balaban J connectivity index is 1.99. The van der Waals surface area contributed by atoms with E-state index in [0.29, 0.717) is 5.69 Å². The third-order valence-corrected chi connectivity index (χ3v) is 4.42. The summed E-state index contributed by atoms with van der Waals surface area (Å²) in [7, 11) is 1.50. The number of carbonyl (C=O) groups excluding carboxylic acids is 3. The fraction of sp³-hybridized carbons (Fsp3) is 0.200. The topological polar surface area (TPSA) is 112 Å². The van der Waals surface area contributed by atoms with Crippen LogP contribution in [0.3, 0.4) is 0 Å². The summed E-state index contributed by atoms with van der Waals surface area (Å²) in [5.41, 5.74) is 1.06. The first-order valence-electron chi connectivity index (χ1n) is 8.89. The second kappa shape index (κ2) is 8.42. The van der Waals surface area contributed by atoms with E-state index in [4.69, 9.17) is 5.11 Å². The molecule has 0 radical (unpaired) electrons. The van der Waals surface area contributed by atoms with Gasteiger partial charge in [0.2, 0.25) is 0 Å². The van der Waals surface area contributed by atoms with E-state index in [9.17, 15) is 19.2 Å². The van der Waals surface area contributed by atoms with E-state index in [1.54, 1.807) is 18.2 Å². The Hall–Kier alpha value is -3.88. The normalized spacial score (nSPS) is 16.0. The maximum absolute atomic E-state index is 12.9. The van der Waals surface area contributed by atoms with E-state index >= 15 is 0 Å². The minimum Gasteiger partial charge on any atom is -0.481 e. The van der Waals surface area contributed by atoms with E-state index < -0.39 is 29.7 Å². The molecule has 0 spiro atoms. The Morgan fingerprint density at radius 2 is 1.90 bits per heavy atom. The summed E-state index contributed by atoms with van der Waals surface area (Å²) in [4.78, 5) is 51.1. The summed E-state index contributed by atoms with van der Waals surface area (Å²) in [6, 6.07) is 8.40. The number of likely N-dealkylation sites (N-methyl/N-ethyl adjacent to an activating group) is 1. The van der Waals surface area contributed by atoms with E-state index in [2.05, 4.69) is 5.32 Å². The van der Waals surface area contributed by atoms with Crippen LogP contribution in [0.25, 0.3) is 5.69 Å². The lowest BCUT2D eigenvalue weighted by Crippen LogP contribution is -2.57. The molecule has 0 saturated heterocycles. The van der Waals surface area contributed by atoms with Crippen LogP contribution in [0, 0.1) is 0 Å². The standard InChI is InChI=1S/C20H20N4O5/c1-22-12-8-16(25)18(19(22)28)24(20(29)21-9-7-17(26)27)15-6-4-5-14(13-15)23-10-2-3-11-23/h2-6,8,10-13,18H,7,9H2,1H3,(H,21,29)(H,26,27)/t18-/m0/s1. The largest absolute Gasteiger partial charge is 0.481 e. The molecule has 1 aliphatic heterocycles. The van der Waals surface area contributed by atoms with Crippen molar-refractivity contribution in [1.82, 2.24) is 14.8 Å². The van der Waals surface area contributed by atoms with E-state index in [1.807, 2.05) is 35.2 Å². The summed E-state index contributed by atoms with van der Waals surface area (Å²) in [5.74, 6) is -2.16. The number of carboxylic acids is 1. The van der Waals surface area contributed by atoms with Gasteiger partial charge in [0.1, 0.15) is 0 Å². The number of nitrogens with one attached hydrogen (secondary N) is 1. The molecule has 0 bridgehead atoms. The number of carboxylic acid groups (broad SMARTS) is 1. The molecular formula is C20H20N4O5. The number of amides is 3. The maximum atomic E-state index is 12.9. The second-order valence-electron chi connectivity index (χ2n) is 6.43. The summed E-state index contributed by atoms with van der Waals surface area (Å²) < 4.78 is 1.82. The molecule has 3 rings (SSSR count). The van der Waals surface area contributed by atoms with E-state index in [1.165, 1.54) is 24.2 Å². The average Bonchev–Trinajstić information content (AvgIpc) is 3.23. The SMILES string of the molecule is CN1C=CC(=O)[C@H](N(C(=O)NCCC(=O)O)c2cccc(-n3cccc3)c2)C1=O. The molecule has 9 nitrogen and oxygen atoms in total. The Bertz CT molecular complexity index is 967. The fourth-order valence-corrected chi connectivity index (χ4v) is 2.96. The Morgan fingerprint density at radius 1 is 1.17 bits per heavy atom. The molecule has 29 heavy (non-hydrogen) atoms. The average molecular weight is 396 g/mol. The number of aromatic nitrogens is 1. The van der Waals surface area contributed by atoms with E-state index in [0.717, 1.165) is 10.6 Å². The van der Waals surface area contributed by atoms with Gasteiger partial charge in [-0.2, -0.15) is 0 Å². The Labute approximate surface area is 166 Å². The van der Waals surface area contributed by atoms with Crippen LogP contribution in [0.5, 0.6) is 0 Å². The number of rotatable bonds is 6. The van der Waals surface area contributed by atoms with Gasteiger partial charge in [-0.25, -0.2) is 4.79 Å². The zero-order valence-corrected chi connectivity index (χ0v) is 15.7. The number of aliphatic carboxylic acids is 1. The van der Waals surface area contributed by atoms with Gasteiger partial charge in [-0.15, -0.1) is 0 Å². The number of ketones is 1. The molecule has 0 fully saturated rings. The molecule has 1 atom stereocenters. The number of carbonyl (C=O) groups is 4. The van der Waals surface area contributed by atoms with Crippen molar-refractivity contribution in [2.75, 3.05) is 18.5 Å². The van der Waals surface area contributed by atoms with Crippen LogP contribution in [0.1, 0.15) is 6.42 Å². The van der Waals surface area contributed by atoms with Crippen LogP contribution in [0.2, 0.25) is 0 Å². The minimum absolute atomic E-state index is 0.136. The molecule has 2 aromatic rings. The van der Waals surface area contributed by atoms with Crippen molar-refractivity contribution < 1.29 is 24.3 Å². The first-order valence-corrected chi connectivity index (χ1v) is 8.89. The number of nitrogens with zero attached hydrogens (tertiary/aromatic N) is 3. The molecule has 0 aliphatic carbocycles. The van der Waals surface area contributed by atoms with Gasteiger partial charge >= 0.3 is 12.0 Å². The maximum Gasteiger partial charge on any atom is 0.323 e. The molecule has 0 unspecified atom stereocenters. The van der Waals surface area contributed by atoms with Crippen molar-refractivity contribution in [3.8, 4) is 5.69 Å². The van der Waals surface area contributed by atoms with Crippen LogP contribution < -0.4 is 10.2 Å². The lowest BCUT2D eigenvalue weighted by Gasteiger charge is -2.33. The number of urea groups is 1. The number of anilines is 1. The smallest absolute Gasteiger partial charge is 0.323 e. The molecule has 1 aliphatic rings. The molecular weight excluding hydrogens is 376 g/mol. The number of hydrogen-bond donors (Lipinski definition) is 2. The zero-order valence-electron chi connectivity index (χ0n) is 15.7. The number of hydrogen-bond acceptors (Lipinski definition) is 4. The molecule has 150 valence electrons. The van der Waals surface area contributed by atoms with Gasteiger partial charge in [-0.05, 0) is 30.3 Å².